The van der Waals surface area contributed by atoms with Gasteiger partial charge in [0.1, 0.15) is 5.75 Å². The van der Waals surface area contributed by atoms with Gasteiger partial charge in [-0.05, 0) is 28.8 Å². The van der Waals surface area contributed by atoms with Crippen molar-refractivity contribution in [3.8, 4) is 5.75 Å². The van der Waals surface area contributed by atoms with Crippen LogP contribution in [-0.4, -0.2) is 19.2 Å². The Labute approximate surface area is 159 Å². The first-order valence-corrected chi connectivity index (χ1v) is 8.96. The van der Waals surface area contributed by atoms with Crippen LogP contribution in [0.3, 0.4) is 0 Å². The van der Waals surface area contributed by atoms with E-state index in [1.54, 1.807) is 0 Å². The molecule has 0 atom stereocenters. The molecular formula is C24H22O3. The summed E-state index contributed by atoms with van der Waals surface area (Å²) in [6.45, 7) is 0.220. The van der Waals surface area contributed by atoms with Crippen molar-refractivity contribution in [2.75, 3.05) is 13.2 Å². The zero-order valence-electron chi connectivity index (χ0n) is 15.1. The molecule has 0 amide bonds. The molecule has 27 heavy (non-hydrogen) atoms. The molecule has 0 aliphatic rings. The zero-order chi connectivity index (χ0) is 18.7. The average molecular weight is 358 g/mol. The van der Waals surface area contributed by atoms with E-state index in [4.69, 9.17) is 9.47 Å². The fraction of sp³-hybridized carbons (Fsp3) is 0.125. The summed E-state index contributed by atoms with van der Waals surface area (Å²) in [5.41, 5.74) is 3.37. The van der Waals surface area contributed by atoms with Crippen LogP contribution in [0.15, 0.2) is 91.0 Å². The molecule has 0 aromatic heterocycles. The van der Waals surface area contributed by atoms with E-state index in [0.29, 0.717) is 18.8 Å². The van der Waals surface area contributed by atoms with Gasteiger partial charge in [-0.25, -0.2) is 4.79 Å². The Balaban J connectivity index is 1.57. The van der Waals surface area contributed by atoms with E-state index in [1.807, 2.05) is 66.7 Å². The Hall–Kier alpha value is -3.33. The number of hydrogen-bond acceptors (Lipinski definition) is 3. The first-order valence-electron chi connectivity index (χ1n) is 8.96. The summed E-state index contributed by atoms with van der Waals surface area (Å²) in [5.74, 6) is 0.286. The van der Waals surface area contributed by atoms with E-state index in [0.717, 1.165) is 16.7 Å². The largest absolute Gasteiger partial charge is 0.482 e. The Morgan fingerprint density at radius 3 is 2.04 bits per heavy atom. The molecule has 0 N–H and O–H groups in total. The third-order valence-corrected chi connectivity index (χ3v) is 4.02. The minimum Gasteiger partial charge on any atom is -0.482 e. The summed E-state index contributed by atoms with van der Waals surface area (Å²) < 4.78 is 10.8. The summed E-state index contributed by atoms with van der Waals surface area (Å²) in [6.07, 6.45) is 2.76. The third-order valence-electron chi connectivity index (χ3n) is 4.02. The number of esters is 1. The lowest BCUT2D eigenvalue weighted by atomic mass is 10.0. The second-order valence-corrected chi connectivity index (χ2v) is 6.02. The fourth-order valence-electron chi connectivity index (χ4n) is 2.68. The summed E-state index contributed by atoms with van der Waals surface area (Å²) in [6, 6.07) is 29.5. The highest BCUT2D eigenvalue weighted by atomic mass is 16.6. The molecule has 0 fully saturated rings. The van der Waals surface area contributed by atoms with Crippen LogP contribution in [0.25, 0.3) is 11.6 Å². The number of rotatable bonds is 8. The molecule has 136 valence electrons. The van der Waals surface area contributed by atoms with E-state index < -0.39 is 0 Å². The smallest absolute Gasteiger partial charge is 0.344 e. The van der Waals surface area contributed by atoms with Gasteiger partial charge in [-0.15, -0.1) is 0 Å². The molecule has 0 unspecified atom stereocenters. The normalized spacial score (nSPS) is 11.0. The van der Waals surface area contributed by atoms with Gasteiger partial charge in [-0.3, -0.25) is 0 Å². The van der Waals surface area contributed by atoms with Crippen molar-refractivity contribution in [2.45, 2.75) is 6.42 Å². The highest BCUT2D eigenvalue weighted by Crippen LogP contribution is 2.21. The maximum Gasteiger partial charge on any atom is 0.344 e. The van der Waals surface area contributed by atoms with Gasteiger partial charge in [-0.1, -0.05) is 84.9 Å². The Bertz CT molecular complexity index is 856. The van der Waals surface area contributed by atoms with Crippen LogP contribution in [-0.2, 0) is 9.53 Å². The van der Waals surface area contributed by atoms with Gasteiger partial charge in [0.05, 0.1) is 6.61 Å². The number of benzene rings is 3. The topological polar surface area (TPSA) is 35.5 Å². The van der Waals surface area contributed by atoms with Gasteiger partial charge >= 0.3 is 5.97 Å². The molecule has 3 rings (SSSR count). The maximum absolute atomic E-state index is 11.9. The third kappa shape index (κ3) is 6.15. The minimum absolute atomic E-state index is 0.0902. The van der Waals surface area contributed by atoms with Gasteiger partial charge in [0, 0.05) is 6.42 Å². The molecule has 0 bridgehead atoms. The van der Waals surface area contributed by atoms with Crippen molar-refractivity contribution in [1.82, 2.24) is 0 Å². The highest BCUT2D eigenvalue weighted by Gasteiger charge is 2.07. The lowest BCUT2D eigenvalue weighted by molar-refractivity contribution is -0.145. The van der Waals surface area contributed by atoms with Crippen LogP contribution in [0.2, 0.25) is 0 Å². The fourth-order valence-corrected chi connectivity index (χ4v) is 2.68. The van der Waals surface area contributed by atoms with E-state index in [9.17, 15) is 4.79 Å². The lowest BCUT2D eigenvalue weighted by Crippen LogP contribution is -2.15. The van der Waals surface area contributed by atoms with Crippen LogP contribution in [0, 0.1) is 0 Å². The van der Waals surface area contributed by atoms with E-state index in [2.05, 4.69) is 30.3 Å². The molecule has 0 heterocycles. The van der Waals surface area contributed by atoms with Crippen molar-refractivity contribution in [1.29, 1.82) is 0 Å². The van der Waals surface area contributed by atoms with E-state index in [1.165, 1.54) is 0 Å². The van der Waals surface area contributed by atoms with Gasteiger partial charge < -0.3 is 9.47 Å². The quantitative estimate of drug-likeness (QED) is 0.408. The molecular weight excluding hydrogens is 336 g/mol. The van der Waals surface area contributed by atoms with Crippen LogP contribution < -0.4 is 4.74 Å². The van der Waals surface area contributed by atoms with E-state index in [-0.39, 0.29) is 12.6 Å². The van der Waals surface area contributed by atoms with Crippen molar-refractivity contribution in [3.63, 3.8) is 0 Å². The number of carbonyl (C=O) groups excluding carboxylic acids is 1. The highest BCUT2D eigenvalue weighted by molar-refractivity contribution is 5.81. The van der Waals surface area contributed by atoms with Gasteiger partial charge in [0.2, 0.25) is 0 Å². The van der Waals surface area contributed by atoms with Crippen LogP contribution in [0.4, 0.5) is 0 Å². The molecule has 3 nitrogen and oxygen atoms in total. The summed E-state index contributed by atoms with van der Waals surface area (Å²) in [4.78, 5) is 11.9. The second kappa shape index (κ2) is 9.97. The second-order valence-electron chi connectivity index (χ2n) is 6.02. The average Bonchev–Trinajstić information content (AvgIpc) is 2.74. The first-order chi connectivity index (χ1) is 13.3. The number of carbonyl (C=O) groups is 1. The molecule has 0 saturated heterocycles. The first kappa shape index (κ1) is 18.5. The van der Waals surface area contributed by atoms with Crippen molar-refractivity contribution < 1.29 is 14.3 Å². The van der Waals surface area contributed by atoms with Gasteiger partial charge in [-0.2, -0.15) is 0 Å². The molecule has 0 saturated carbocycles. The Morgan fingerprint density at radius 1 is 0.778 bits per heavy atom. The van der Waals surface area contributed by atoms with Gasteiger partial charge in [0.25, 0.3) is 0 Å². The lowest BCUT2D eigenvalue weighted by Gasteiger charge is -2.10. The minimum atomic E-state index is -0.369. The summed E-state index contributed by atoms with van der Waals surface area (Å²) >= 11 is 0. The molecule has 3 heteroatoms. The standard InChI is InChI=1S/C24H22O3/c25-24(19-27-23-14-8-3-9-15-23)26-17-16-22(21-12-6-2-7-13-21)18-20-10-4-1-5-11-20/h1-15,18H,16-17,19H2/b22-18+. The molecule has 3 aromatic rings. The van der Waals surface area contributed by atoms with Gasteiger partial charge in [0.15, 0.2) is 6.61 Å². The molecule has 3 aromatic carbocycles. The van der Waals surface area contributed by atoms with Crippen LogP contribution in [0.5, 0.6) is 5.75 Å². The molecule has 0 radical (unpaired) electrons. The molecule has 0 aliphatic heterocycles. The van der Waals surface area contributed by atoms with Crippen molar-refractivity contribution in [3.05, 3.63) is 102 Å². The van der Waals surface area contributed by atoms with Crippen molar-refractivity contribution >= 4 is 17.6 Å². The predicted molar refractivity (Wildman–Crippen MR) is 108 cm³/mol. The number of ether oxygens (including phenoxy) is 2. The number of hydrogen-bond donors (Lipinski definition) is 0. The monoisotopic (exact) mass is 358 g/mol. The Kier molecular flexibility index (Phi) is 6.82. The van der Waals surface area contributed by atoms with Crippen LogP contribution >= 0.6 is 0 Å². The van der Waals surface area contributed by atoms with Crippen molar-refractivity contribution in [2.24, 2.45) is 0 Å². The number of para-hydroxylation sites is 1. The summed E-state index contributed by atoms with van der Waals surface area (Å²) in [7, 11) is 0. The van der Waals surface area contributed by atoms with Crippen LogP contribution in [0.1, 0.15) is 17.5 Å². The maximum atomic E-state index is 11.9. The predicted octanol–water partition coefficient (Wildman–Crippen LogP) is 5.24. The SMILES string of the molecule is O=C(COc1ccccc1)OCC/C(=C\c1ccccc1)c1ccccc1. The Morgan fingerprint density at radius 2 is 1.37 bits per heavy atom. The zero-order valence-corrected chi connectivity index (χ0v) is 15.1. The summed E-state index contributed by atoms with van der Waals surface area (Å²) in [5, 5.41) is 0. The molecule has 0 aliphatic carbocycles. The molecule has 0 spiro atoms. The van der Waals surface area contributed by atoms with E-state index >= 15 is 0 Å².